The van der Waals surface area contributed by atoms with E-state index < -0.39 is 0 Å². The normalized spacial score (nSPS) is 11.2. The van der Waals surface area contributed by atoms with Crippen molar-refractivity contribution in [3.05, 3.63) is 35.5 Å². The van der Waals surface area contributed by atoms with Crippen molar-refractivity contribution in [2.45, 2.75) is 40.0 Å². The van der Waals surface area contributed by atoms with Gasteiger partial charge < -0.3 is 5.43 Å². The minimum Gasteiger partial charge on any atom is -0.323 e. The molecule has 0 aliphatic carbocycles. The molecule has 3 nitrogen and oxygen atoms in total. The van der Waals surface area contributed by atoms with Gasteiger partial charge >= 0.3 is 0 Å². The Morgan fingerprint density at radius 1 is 1.26 bits per heavy atom. The number of nitrogens with zero attached hydrogens (tertiary/aromatic N) is 1. The number of pyridine rings is 1. The summed E-state index contributed by atoms with van der Waals surface area (Å²) in [4.78, 5) is 4.73. The number of aromatic nitrogens is 1. The van der Waals surface area contributed by atoms with Crippen LogP contribution in [0, 0.1) is 5.92 Å². The van der Waals surface area contributed by atoms with E-state index in [1.54, 1.807) is 0 Å². The van der Waals surface area contributed by atoms with Gasteiger partial charge in [-0.25, -0.2) is 0 Å². The highest BCUT2D eigenvalue weighted by Crippen LogP contribution is 2.25. The number of benzene rings is 1. The summed E-state index contributed by atoms with van der Waals surface area (Å²) >= 11 is 0. The van der Waals surface area contributed by atoms with Crippen LogP contribution in [0.1, 0.15) is 38.4 Å². The summed E-state index contributed by atoms with van der Waals surface area (Å²) in [6, 6.07) is 8.53. The van der Waals surface area contributed by atoms with Crippen molar-refractivity contribution in [1.29, 1.82) is 0 Å². The standard InChI is InChI=1S/C16H23N3/c1-4-5-12-6-7-15-14(9-12)16(19-17)10-13(18-15)8-11(2)3/h6-7,9-11H,4-5,8,17H2,1-3H3,(H,18,19). The molecule has 2 aromatic rings. The lowest BCUT2D eigenvalue weighted by Crippen LogP contribution is -2.09. The first-order chi connectivity index (χ1) is 9.13. The number of nitrogens with one attached hydrogen (secondary N) is 1. The van der Waals surface area contributed by atoms with Crippen LogP contribution in [0.5, 0.6) is 0 Å². The predicted molar refractivity (Wildman–Crippen MR) is 82.1 cm³/mol. The molecular weight excluding hydrogens is 234 g/mol. The Kier molecular flexibility index (Phi) is 4.38. The van der Waals surface area contributed by atoms with Crippen molar-refractivity contribution in [3.63, 3.8) is 0 Å². The van der Waals surface area contributed by atoms with Gasteiger partial charge in [-0.3, -0.25) is 10.8 Å². The van der Waals surface area contributed by atoms with Crippen LogP contribution in [-0.2, 0) is 12.8 Å². The van der Waals surface area contributed by atoms with E-state index >= 15 is 0 Å². The van der Waals surface area contributed by atoms with Gasteiger partial charge in [0, 0.05) is 11.1 Å². The number of aryl methyl sites for hydroxylation is 1. The Balaban J connectivity index is 2.49. The molecule has 0 fully saturated rings. The zero-order valence-corrected chi connectivity index (χ0v) is 12.0. The summed E-state index contributed by atoms with van der Waals surface area (Å²) in [5.74, 6) is 6.25. The van der Waals surface area contributed by atoms with Crippen molar-refractivity contribution < 1.29 is 0 Å². The first-order valence-corrected chi connectivity index (χ1v) is 7.03. The highest BCUT2D eigenvalue weighted by atomic mass is 15.2. The lowest BCUT2D eigenvalue weighted by Gasteiger charge is -2.11. The van der Waals surface area contributed by atoms with Crippen LogP contribution in [-0.4, -0.2) is 4.98 Å². The second-order valence-corrected chi connectivity index (χ2v) is 5.50. The Bertz CT molecular complexity index is 561. The van der Waals surface area contributed by atoms with E-state index in [1.165, 1.54) is 5.56 Å². The molecule has 0 amide bonds. The Morgan fingerprint density at radius 3 is 2.68 bits per heavy atom. The van der Waals surface area contributed by atoms with Gasteiger partial charge in [0.05, 0.1) is 11.2 Å². The number of anilines is 1. The van der Waals surface area contributed by atoms with Crippen LogP contribution in [0.15, 0.2) is 24.3 Å². The molecule has 0 atom stereocenters. The maximum absolute atomic E-state index is 5.66. The minimum absolute atomic E-state index is 0.593. The summed E-state index contributed by atoms with van der Waals surface area (Å²) in [7, 11) is 0. The second-order valence-electron chi connectivity index (χ2n) is 5.50. The molecule has 0 bridgehead atoms. The van der Waals surface area contributed by atoms with Crippen molar-refractivity contribution in [1.82, 2.24) is 4.98 Å². The lowest BCUT2D eigenvalue weighted by atomic mass is 10.0. The number of nitrogens with two attached hydrogens (primary N) is 1. The van der Waals surface area contributed by atoms with Gasteiger partial charge in [-0.2, -0.15) is 0 Å². The Labute approximate surface area is 115 Å². The quantitative estimate of drug-likeness (QED) is 0.634. The van der Waals surface area contributed by atoms with E-state index in [0.717, 1.165) is 41.5 Å². The van der Waals surface area contributed by atoms with Gasteiger partial charge in [0.2, 0.25) is 0 Å². The van der Waals surface area contributed by atoms with Gasteiger partial charge in [-0.15, -0.1) is 0 Å². The van der Waals surface area contributed by atoms with Gasteiger partial charge in [0.1, 0.15) is 0 Å². The molecule has 1 heterocycles. The van der Waals surface area contributed by atoms with Crippen LogP contribution < -0.4 is 11.3 Å². The fraction of sp³-hybridized carbons (Fsp3) is 0.438. The SMILES string of the molecule is CCCc1ccc2nc(CC(C)C)cc(NN)c2c1. The third-order valence-electron chi connectivity index (χ3n) is 3.24. The van der Waals surface area contributed by atoms with E-state index in [9.17, 15) is 0 Å². The fourth-order valence-corrected chi connectivity index (χ4v) is 2.41. The smallest absolute Gasteiger partial charge is 0.0726 e. The molecule has 1 aromatic heterocycles. The molecule has 1 aromatic carbocycles. The van der Waals surface area contributed by atoms with E-state index in [0.29, 0.717) is 5.92 Å². The molecule has 102 valence electrons. The van der Waals surface area contributed by atoms with Crippen LogP contribution in [0.2, 0.25) is 0 Å². The third kappa shape index (κ3) is 3.24. The van der Waals surface area contributed by atoms with Gasteiger partial charge in [0.15, 0.2) is 0 Å². The summed E-state index contributed by atoms with van der Waals surface area (Å²) in [6.45, 7) is 6.59. The highest BCUT2D eigenvalue weighted by Gasteiger charge is 2.07. The number of rotatable bonds is 5. The molecule has 19 heavy (non-hydrogen) atoms. The molecule has 0 aliphatic heterocycles. The number of hydrogen-bond donors (Lipinski definition) is 2. The third-order valence-corrected chi connectivity index (χ3v) is 3.24. The summed E-state index contributed by atoms with van der Waals surface area (Å²) in [5.41, 5.74) is 7.24. The monoisotopic (exact) mass is 257 g/mol. The van der Waals surface area contributed by atoms with Gasteiger partial charge in [-0.1, -0.05) is 33.3 Å². The molecule has 2 rings (SSSR count). The lowest BCUT2D eigenvalue weighted by molar-refractivity contribution is 0.637. The van der Waals surface area contributed by atoms with E-state index in [1.807, 2.05) is 0 Å². The molecule has 0 radical (unpaired) electrons. The number of hydrogen-bond acceptors (Lipinski definition) is 3. The van der Waals surface area contributed by atoms with Crippen LogP contribution in [0.25, 0.3) is 10.9 Å². The Hall–Kier alpha value is -1.61. The topological polar surface area (TPSA) is 50.9 Å². The predicted octanol–water partition coefficient (Wildman–Crippen LogP) is 3.67. The minimum atomic E-state index is 0.593. The maximum Gasteiger partial charge on any atom is 0.0726 e. The molecule has 3 N–H and O–H groups in total. The molecule has 0 aliphatic rings. The van der Waals surface area contributed by atoms with E-state index in [2.05, 4.69) is 50.5 Å². The highest BCUT2D eigenvalue weighted by molar-refractivity contribution is 5.91. The average Bonchev–Trinajstić information content (AvgIpc) is 2.38. The molecule has 0 saturated carbocycles. The van der Waals surface area contributed by atoms with Crippen LogP contribution in [0.3, 0.4) is 0 Å². The number of hydrazine groups is 1. The van der Waals surface area contributed by atoms with E-state index in [4.69, 9.17) is 10.8 Å². The molecule has 3 heteroatoms. The zero-order chi connectivity index (χ0) is 13.8. The average molecular weight is 257 g/mol. The molecule has 0 unspecified atom stereocenters. The summed E-state index contributed by atoms with van der Waals surface area (Å²) < 4.78 is 0. The van der Waals surface area contributed by atoms with E-state index in [-0.39, 0.29) is 0 Å². The van der Waals surface area contributed by atoms with Crippen molar-refractivity contribution in [3.8, 4) is 0 Å². The maximum atomic E-state index is 5.66. The first-order valence-electron chi connectivity index (χ1n) is 7.03. The van der Waals surface area contributed by atoms with Crippen LogP contribution >= 0.6 is 0 Å². The molecular formula is C16H23N3. The number of nitrogen functional groups attached to an aromatic ring is 1. The zero-order valence-electron chi connectivity index (χ0n) is 12.0. The largest absolute Gasteiger partial charge is 0.323 e. The van der Waals surface area contributed by atoms with Crippen LogP contribution in [0.4, 0.5) is 5.69 Å². The first kappa shape index (κ1) is 13.8. The Morgan fingerprint density at radius 2 is 2.05 bits per heavy atom. The number of fused-ring (bicyclic) bond motifs is 1. The summed E-state index contributed by atoms with van der Waals surface area (Å²) in [5, 5.41) is 1.11. The molecule has 0 saturated heterocycles. The fourth-order valence-electron chi connectivity index (χ4n) is 2.41. The second kappa shape index (κ2) is 6.02. The van der Waals surface area contributed by atoms with Gasteiger partial charge in [-0.05, 0) is 42.5 Å². The van der Waals surface area contributed by atoms with Crippen molar-refractivity contribution >= 4 is 16.6 Å². The van der Waals surface area contributed by atoms with Crippen molar-refractivity contribution in [2.24, 2.45) is 11.8 Å². The van der Waals surface area contributed by atoms with Crippen molar-refractivity contribution in [2.75, 3.05) is 5.43 Å². The summed E-state index contributed by atoms with van der Waals surface area (Å²) in [6.07, 6.45) is 3.21. The van der Waals surface area contributed by atoms with Gasteiger partial charge in [0.25, 0.3) is 0 Å². The molecule has 0 spiro atoms.